The van der Waals surface area contributed by atoms with Gasteiger partial charge in [0.15, 0.2) is 11.5 Å². The number of carbonyl (C=O) groups excluding carboxylic acids is 2. The number of methoxy groups -OCH3 is 2. The van der Waals surface area contributed by atoms with E-state index in [0.717, 1.165) is 39.0 Å². The Bertz CT molecular complexity index is 748. The average molecular weight is 405 g/mol. The van der Waals surface area contributed by atoms with Crippen molar-refractivity contribution in [2.24, 2.45) is 0 Å². The van der Waals surface area contributed by atoms with Gasteiger partial charge in [0.25, 0.3) is 5.91 Å². The van der Waals surface area contributed by atoms with Gasteiger partial charge in [-0.3, -0.25) is 9.69 Å². The predicted molar refractivity (Wildman–Crippen MR) is 111 cm³/mol. The number of amides is 3. The van der Waals surface area contributed by atoms with Crippen molar-refractivity contribution in [1.29, 1.82) is 0 Å². The lowest BCUT2D eigenvalue weighted by atomic mass is 9.92. The Morgan fingerprint density at radius 2 is 1.72 bits per heavy atom. The largest absolute Gasteiger partial charge is 0.493 e. The molecule has 2 aliphatic heterocycles. The highest BCUT2D eigenvalue weighted by molar-refractivity contribution is 5.95. The lowest BCUT2D eigenvalue weighted by molar-refractivity contribution is 0.0301. The molecule has 2 saturated heterocycles. The SMILES string of the molecule is CCC1(N2CCN(C(=O)c3ccc(OC)c(OC)c3)CC2)CCN(C(=O)NC)C1. The molecule has 2 aliphatic rings. The molecule has 160 valence electrons. The van der Waals surface area contributed by atoms with Gasteiger partial charge in [0, 0.05) is 57.4 Å². The predicted octanol–water partition coefficient (Wildman–Crippen LogP) is 1.66. The van der Waals surface area contributed by atoms with Gasteiger partial charge in [-0.25, -0.2) is 4.79 Å². The number of piperazine rings is 1. The molecular weight excluding hydrogens is 372 g/mol. The molecule has 1 aromatic carbocycles. The topological polar surface area (TPSA) is 74.4 Å². The van der Waals surface area contributed by atoms with Gasteiger partial charge in [-0.15, -0.1) is 0 Å². The number of benzene rings is 1. The van der Waals surface area contributed by atoms with Gasteiger partial charge in [-0.2, -0.15) is 0 Å². The number of carbonyl (C=O) groups is 2. The fraction of sp³-hybridized carbons (Fsp3) is 0.619. The Morgan fingerprint density at radius 3 is 2.31 bits per heavy atom. The van der Waals surface area contributed by atoms with Crippen molar-refractivity contribution in [3.05, 3.63) is 23.8 Å². The molecule has 0 radical (unpaired) electrons. The Labute approximate surface area is 172 Å². The molecule has 0 aromatic heterocycles. The number of ether oxygens (including phenoxy) is 2. The highest BCUT2D eigenvalue weighted by Gasteiger charge is 2.44. The molecule has 2 fully saturated rings. The van der Waals surface area contributed by atoms with Gasteiger partial charge < -0.3 is 24.6 Å². The monoisotopic (exact) mass is 404 g/mol. The number of nitrogens with zero attached hydrogens (tertiary/aromatic N) is 3. The molecular formula is C21H32N4O4. The molecule has 0 spiro atoms. The first-order chi connectivity index (χ1) is 14.0. The van der Waals surface area contributed by atoms with E-state index < -0.39 is 0 Å². The van der Waals surface area contributed by atoms with Crippen LogP contribution in [-0.4, -0.2) is 92.7 Å². The van der Waals surface area contributed by atoms with Crippen molar-refractivity contribution in [2.45, 2.75) is 25.3 Å². The standard InChI is InChI=1S/C21H32N4O4/c1-5-21(8-9-24(15-21)20(27)22-2)25-12-10-23(11-13-25)19(26)16-6-7-17(28-3)18(14-16)29-4/h6-7,14H,5,8-13,15H2,1-4H3,(H,22,27). The van der Waals surface area contributed by atoms with Crippen molar-refractivity contribution in [2.75, 3.05) is 60.5 Å². The summed E-state index contributed by atoms with van der Waals surface area (Å²) in [5, 5.41) is 2.73. The summed E-state index contributed by atoms with van der Waals surface area (Å²) in [5.74, 6) is 1.18. The zero-order valence-corrected chi connectivity index (χ0v) is 17.9. The zero-order chi connectivity index (χ0) is 21.0. The normalized spacial score (nSPS) is 22.5. The Morgan fingerprint density at radius 1 is 1.03 bits per heavy atom. The summed E-state index contributed by atoms with van der Waals surface area (Å²) < 4.78 is 10.6. The van der Waals surface area contributed by atoms with Gasteiger partial charge in [0.05, 0.1) is 14.2 Å². The number of likely N-dealkylation sites (tertiary alicyclic amines) is 1. The summed E-state index contributed by atoms with van der Waals surface area (Å²) in [5.41, 5.74) is 0.610. The van der Waals surface area contributed by atoms with E-state index in [-0.39, 0.29) is 17.5 Å². The second kappa shape index (κ2) is 8.90. The summed E-state index contributed by atoms with van der Waals surface area (Å²) >= 11 is 0. The van der Waals surface area contributed by atoms with E-state index in [0.29, 0.717) is 30.2 Å². The van der Waals surface area contributed by atoms with Crippen LogP contribution in [0.4, 0.5) is 4.79 Å². The van der Waals surface area contributed by atoms with E-state index >= 15 is 0 Å². The molecule has 0 saturated carbocycles. The van der Waals surface area contributed by atoms with Crippen LogP contribution < -0.4 is 14.8 Å². The van der Waals surface area contributed by atoms with E-state index in [1.54, 1.807) is 39.5 Å². The fourth-order valence-electron chi connectivity index (χ4n) is 4.49. The van der Waals surface area contributed by atoms with Crippen LogP contribution in [-0.2, 0) is 0 Å². The van der Waals surface area contributed by atoms with Crippen LogP contribution in [0.1, 0.15) is 30.1 Å². The summed E-state index contributed by atoms with van der Waals surface area (Å²) in [4.78, 5) is 31.3. The first-order valence-electron chi connectivity index (χ1n) is 10.2. The Balaban J connectivity index is 1.64. The van der Waals surface area contributed by atoms with Crippen molar-refractivity contribution >= 4 is 11.9 Å². The molecule has 0 aliphatic carbocycles. The van der Waals surface area contributed by atoms with Gasteiger partial charge in [-0.05, 0) is 31.0 Å². The van der Waals surface area contributed by atoms with Crippen molar-refractivity contribution in [1.82, 2.24) is 20.0 Å². The highest BCUT2D eigenvalue weighted by atomic mass is 16.5. The van der Waals surface area contributed by atoms with E-state index in [2.05, 4.69) is 17.1 Å². The zero-order valence-electron chi connectivity index (χ0n) is 17.9. The third-order valence-electron chi connectivity index (χ3n) is 6.36. The average Bonchev–Trinajstić information content (AvgIpc) is 3.23. The molecule has 29 heavy (non-hydrogen) atoms. The maximum atomic E-state index is 13.0. The molecule has 1 aromatic rings. The van der Waals surface area contributed by atoms with E-state index in [1.165, 1.54) is 0 Å². The lowest BCUT2D eigenvalue weighted by Gasteiger charge is -2.45. The molecule has 1 unspecified atom stereocenters. The summed E-state index contributed by atoms with van der Waals surface area (Å²) in [7, 11) is 4.82. The lowest BCUT2D eigenvalue weighted by Crippen LogP contribution is -2.59. The summed E-state index contributed by atoms with van der Waals surface area (Å²) in [6.07, 6.45) is 1.96. The van der Waals surface area contributed by atoms with Crippen LogP contribution in [0.5, 0.6) is 11.5 Å². The highest BCUT2D eigenvalue weighted by Crippen LogP contribution is 2.33. The second-order valence-electron chi connectivity index (χ2n) is 7.65. The molecule has 3 amide bonds. The van der Waals surface area contributed by atoms with Gasteiger partial charge >= 0.3 is 6.03 Å². The second-order valence-corrected chi connectivity index (χ2v) is 7.65. The van der Waals surface area contributed by atoms with Crippen molar-refractivity contribution in [3.63, 3.8) is 0 Å². The van der Waals surface area contributed by atoms with Crippen LogP contribution in [0.3, 0.4) is 0 Å². The maximum absolute atomic E-state index is 13.0. The van der Waals surface area contributed by atoms with Crippen molar-refractivity contribution in [3.8, 4) is 11.5 Å². The number of urea groups is 1. The summed E-state index contributed by atoms with van der Waals surface area (Å²) in [6, 6.07) is 5.27. The first kappa shape index (κ1) is 21.2. The van der Waals surface area contributed by atoms with Crippen LogP contribution >= 0.6 is 0 Å². The molecule has 0 bridgehead atoms. The Hall–Kier alpha value is -2.48. The van der Waals surface area contributed by atoms with Gasteiger partial charge in [-0.1, -0.05) is 6.92 Å². The molecule has 8 nitrogen and oxygen atoms in total. The van der Waals surface area contributed by atoms with Crippen LogP contribution in [0.25, 0.3) is 0 Å². The van der Waals surface area contributed by atoms with E-state index in [1.807, 2.05) is 9.80 Å². The third-order valence-corrected chi connectivity index (χ3v) is 6.36. The molecule has 1 atom stereocenters. The van der Waals surface area contributed by atoms with Crippen LogP contribution in [0.2, 0.25) is 0 Å². The fourth-order valence-corrected chi connectivity index (χ4v) is 4.49. The Kier molecular flexibility index (Phi) is 6.52. The quantitative estimate of drug-likeness (QED) is 0.808. The van der Waals surface area contributed by atoms with Crippen molar-refractivity contribution < 1.29 is 19.1 Å². The number of rotatable bonds is 5. The number of nitrogens with one attached hydrogen (secondary N) is 1. The first-order valence-corrected chi connectivity index (χ1v) is 10.2. The van der Waals surface area contributed by atoms with Crippen LogP contribution in [0.15, 0.2) is 18.2 Å². The van der Waals surface area contributed by atoms with E-state index in [4.69, 9.17) is 9.47 Å². The molecule has 1 N–H and O–H groups in total. The summed E-state index contributed by atoms with van der Waals surface area (Å²) in [6.45, 7) is 6.69. The molecule has 8 heteroatoms. The minimum absolute atomic E-state index is 0.00494. The smallest absolute Gasteiger partial charge is 0.317 e. The number of hydrogen-bond donors (Lipinski definition) is 1. The minimum atomic E-state index is -0.0115. The molecule has 2 heterocycles. The molecule has 3 rings (SSSR count). The third kappa shape index (κ3) is 4.12. The van der Waals surface area contributed by atoms with Crippen LogP contribution in [0, 0.1) is 0 Å². The number of hydrogen-bond acceptors (Lipinski definition) is 5. The minimum Gasteiger partial charge on any atom is -0.493 e. The van der Waals surface area contributed by atoms with E-state index in [9.17, 15) is 9.59 Å². The van der Waals surface area contributed by atoms with Gasteiger partial charge in [0.2, 0.25) is 0 Å². The van der Waals surface area contributed by atoms with Gasteiger partial charge in [0.1, 0.15) is 0 Å². The maximum Gasteiger partial charge on any atom is 0.317 e.